The zero-order valence-electron chi connectivity index (χ0n) is 8.87. The lowest BCUT2D eigenvalue weighted by Crippen LogP contribution is -2.21. The first kappa shape index (κ1) is 10.7. The van der Waals surface area contributed by atoms with Crippen LogP contribution in [-0.4, -0.2) is 31.3 Å². The molecule has 0 aliphatic heterocycles. The number of carbonyl (C=O) groups excluding carboxylic acids is 1. The second-order valence-electron chi connectivity index (χ2n) is 3.73. The molecule has 0 fully saturated rings. The van der Waals surface area contributed by atoms with Gasteiger partial charge in [0.1, 0.15) is 0 Å². The summed E-state index contributed by atoms with van der Waals surface area (Å²) in [4.78, 5) is 13.5. The third-order valence-electron chi connectivity index (χ3n) is 2.06. The number of aryl methyl sites for hydroxylation is 1. The van der Waals surface area contributed by atoms with E-state index in [9.17, 15) is 4.79 Å². The maximum absolute atomic E-state index is 11.6. The largest absolute Gasteiger partial charge is 0.398 e. The second-order valence-corrected chi connectivity index (χ2v) is 3.73. The molecule has 0 unspecified atom stereocenters. The Kier molecular flexibility index (Phi) is 3.25. The van der Waals surface area contributed by atoms with Crippen LogP contribution < -0.4 is 5.73 Å². The fraction of sp³-hybridized carbons (Fsp3) is 0.364. The molecule has 3 heteroatoms. The molecule has 1 aromatic carbocycles. The fourth-order valence-electron chi connectivity index (χ4n) is 1.19. The number of nitrogens with zero attached hydrogens (tertiary/aromatic N) is 1. The van der Waals surface area contributed by atoms with Crippen LogP contribution in [0.25, 0.3) is 0 Å². The van der Waals surface area contributed by atoms with Gasteiger partial charge < -0.3 is 10.6 Å². The quantitative estimate of drug-likeness (QED) is 0.580. The number of nitrogens with two attached hydrogens (primary N) is 1. The van der Waals surface area contributed by atoms with Crippen LogP contribution in [0.1, 0.15) is 15.9 Å². The molecule has 0 aromatic heterocycles. The van der Waals surface area contributed by atoms with Gasteiger partial charge in [-0.3, -0.25) is 4.79 Å². The fourth-order valence-corrected chi connectivity index (χ4v) is 1.19. The van der Waals surface area contributed by atoms with E-state index < -0.39 is 0 Å². The zero-order valence-corrected chi connectivity index (χ0v) is 8.87. The smallest absolute Gasteiger partial charge is 0.176 e. The summed E-state index contributed by atoms with van der Waals surface area (Å²) in [5.74, 6) is 0.0988. The van der Waals surface area contributed by atoms with Crippen molar-refractivity contribution in [2.24, 2.45) is 0 Å². The summed E-state index contributed by atoms with van der Waals surface area (Å²) < 4.78 is 0. The van der Waals surface area contributed by atoms with Gasteiger partial charge in [0.15, 0.2) is 5.78 Å². The average Bonchev–Trinajstić information content (AvgIpc) is 2.08. The number of nitrogen functional groups attached to an aromatic ring is 1. The van der Waals surface area contributed by atoms with E-state index in [2.05, 4.69) is 0 Å². The number of carbonyl (C=O) groups is 1. The third kappa shape index (κ3) is 2.57. The number of anilines is 1. The van der Waals surface area contributed by atoms with E-state index >= 15 is 0 Å². The average molecular weight is 192 g/mol. The Morgan fingerprint density at radius 2 is 2.07 bits per heavy atom. The highest BCUT2D eigenvalue weighted by molar-refractivity contribution is 5.98. The maximum atomic E-state index is 11.6. The second kappa shape index (κ2) is 4.24. The van der Waals surface area contributed by atoms with E-state index in [1.807, 2.05) is 38.1 Å². The molecule has 76 valence electrons. The SMILES string of the molecule is Cc1ccc(C(=O)CN(C)C)cc1N. The van der Waals surface area contributed by atoms with Gasteiger partial charge in [-0.05, 0) is 32.6 Å². The molecule has 0 heterocycles. The van der Waals surface area contributed by atoms with Gasteiger partial charge in [-0.1, -0.05) is 12.1 Å². The molecule has 0 bridgehead atoms. The van der Waals surface area contributed by atoms with E-state index in [4.69, 9.17) is 5.73 Å². The normalized spacial score (nSPS) is 10.6. The minimum absolute atomic E-state index is 0.0988. The molecule has 0 aliphatic rings. The van der Waals surface area contributed by atoms with Crippen molar-refractivity contribution in [1.82, 2.24) is 4.90 Å². The van der Waals surface area contributed by atoms with Crippen molar-refractivity contribution in [1.29, 1.82) is 0 Å². The predicted molar refractivity (Wildman–Crippen MR) is 58.5 cm³/mol. The van der Waals surface area contributed by atoms with Crippen molar-refractivity contribution in [2.75, 3.05) is 26.4 Å². The summed E-state index contributed by atoms with van der Waals surface area (Å²) in [5.41, 5.74) is 8.09. The van der Waals surface area contributed by atoms with Gasteiger partial charge in [0.05, 0.1) is 6.54 Å². The van der Waals surface area contributed by atoms with Gasteiger partial charge in [0.2, 0.25) is 0 Å². The van der Waals surface area contributed by atoms with Crippen LogP contribution in [-0.2, 0) is 0 Å². The minimum Gasteiger partial charge on any atom is -0.398 e. The van der Waals surface area contributed by atoms with Gasteiger partial charge in [-0.2, -0.15) is 0 Å². The molecule has 0 aliphatic carbocycles. The van der Waals surface area contributed by atoms with Crippen molar-refractivity contribution < 1.29 is 4.79 Å². The first-order valence-corrected chi connectivity index (χ1v) is 4.55. The van der Waals surface area contributed by atoms with Crippen LogP contribution in [0.15, 0.2) is 18.2 Å². The summed E-state index contributed by atoms with van der Waals surface area (Å²) in [5, 5.41) is 0. The van der Waals surface area contributed by atoms with Crippen molar-refractivity contribution in [3.8, 4) is 0 Å². The number of hydrogen-bond donors (Lipinski definition) is 1. The van der Waals surface area contributed by atoms with Crippen molar-refractivity contribution in [3.63, 3.8) is 0 Å². The summed E-state index contributed by atoms with van der Waals surface area (Å²) in [6.45, 7) is 2.35. The number of benzene rings is 1. The first-order valence-electron chi connectivity index (χ1n) is 4.55. The molecule has 0 atom stereocenters. The predicted octanol–water partition coefficient (Wildman–Crippen LogP) is 1.32. The molecule has 0 saturated heterocycles. The van der Waals surface area contributed by atoms with Gasteiger partial charge in [0, 0.05) is 11.3 Å². The summed E-state index contributed by atoms with van der Waals surface area (Å²) >= 11 is 0. The van der Waals surface area contributed by atoms with E-state index in [0.29, 0.717) is 17.8 Å². The highest BCUT2D eigenvalue weighted by atomic mass is 16.1. The van der Waals surface area contributed by atoms with Crippen LogP contribution in [0, 0.1) is 6.92 Å². The monoisotopic (exact) mass is 192 g/mol. The van der Waals surface area contributed by atoms with Gasteiger partial charge in [0.25, 0.3) is 0 Å². The molecule has 0 amide bonds. The zero-order chi connectivity index (χ0) is 10.7. The number of rotatable bonds is 3. The Labute approximate surface area is 84.5 Å². The van der Waals surface area contributed by atoms with Crippen LogP contribution in [0.4, 0.5) is 5.69 Å². The number of likely N-dealkylation sites (N-methyl/N-ethyl adjacent to an activating group) is 1. The van der Waals surface area contributed by atoms with Crippen LogP contribution in [0.5, 0.6) is 0 Å². The minimum atomic E-state index is 0.0988. The lowest BCUT2D eigenvalue weighted by Gasteiger charge is -2.09. The molecule has 1 rings (SSSR count). The van der Waals surface area contributed by atoms with E-state index in [1.54, 1.807) is 6.07 Å². The molecule has 14 heavy (non-hydrogen) atoms. The summed E-state index contributed by atoms with van der Waals surface area (Å²) in [6, 6.07) is 5.43. The Hall–Kier alpha value is -1.35. The molecule has 0 spiro atoms. The maximum Gasteiger partial charge on any atom is 0.176 e. The molecular formula is C11H16N2O. The van der Waals surface area contributed by atoms with Crippen molar-refractivity contribution in [3.05, 3.63) is 29.3 Å². The van der Waals surface area contributed by atoms with E-state index in [-0.39, 0.29) is 5.78 Å². The van der Waals surface area contributed by atoms with Crippen LogP contribution in [0.2, 0.25) is 0 Å². The molecule has 0 saturated carbocycles. The molecule has 0 radical (unpaired) electrons. The number of ketones is 1. The van der Waals surface area contributed by atoms with Crippen LogP contribution >= 0.6 is 0 Å². The lowest BCUT2D eigenvalue weighted by molar-refractivity contribution is 0.0958. The van der Waals surface area contributed by atoms with Crippen LogP contribution in [0.3, 0.4) is 0 Å². The summed E-state index contributed by atoms with van der Waals surface area (Å²) in [7, 11) is 3.74. The van der Waals surface area contributed by atoms with Gasteiger partial charge >= 0.3 is 0 Å². The topological polar surface area (TPSA) is 46.3 Å². The van der Waals surface area contributed by atoms with Crippen molar-refractivity contribution in [2.45, 2.75) is 6.92 Å². The molecule has 2 N–H and O–H groups in total. The standard InChI is InChI=1S/C11H16N2O/c1-8-4-5-9(6-10(8)12)11(14)7-13(2)3/h4-6H,7,12H2,1-3H3. The third-order valence-corrected chi connectivity index (χ3v) is 2.06. The number of hydrogen-bond acceptors (Lipinski definition) is 3. The van der Waals surface area contributed by atoms with E-state index in [1.165, 1.54) is 0 Å². The molecule has 1 aromatic rings. The Bertz CT molecular complexity index is 345. The lowest BCUT2D eigenvalue weighted by atomic mass is 10.1. The first-order chi connectivity index (χ1) is 6.50. The summed E-state index contributed by atoms with van der Waals surface area (Å²) in [6.07, 6.45) is 0. The van der Waals surface area contributed by atoms with Crippen molar-refractivity contribution >= 4 is 11.5 Å². The highest BCUT2D eigenvalue weighted by Gasteiger charge is 2.07. The van der Waals surface area contributed by atoms with E-state index in [0.717, 1.165) is 5.56 Å². The Morgan fingerprint density at radius 3 is 2.57 bits per heavy atom. The van der Waals surface area contributed by atoms with Gasteiger partial charge in [-0.25, -0.2) is 0 Å². The molecule has 3 nitrogen and oxygen atoms in total. The highest BCUT2D eigenvalue weighted by Crippen LogP contribution is 2.13. The Balaban J connectivity index is 2.86. The molecular weight excluding hydrogens is 176 g/mol. The Morgan fingerprint density at radius 1 is 1.43 bits per heavy atom. The van der Waals surface area contributed by atoms with Gasteiger partial charge in [-0.15, -0.1) is 0 Å². The number of Topliss-reactive ketones (excluding diaryl/α,β-unsaturated/α-hetero) is 1.